The molecular formula is C18H22ClN3O. The molecule has 0 N–H and O–H groups in total. The van der Waals surface area contributed by atoms with Gasteiger partial charge in [0.25, 0.3) is 0 Å². The van der Waals surface area contributed by atoms with Crippen LogP contribution in [-0.4, -0.2) is 40.7 Å². The third-order valence-corrected chi connectivity index (χ3v) is 4.34. The van der Waals surface area contributed by atoms with E-state index in [9.17, 15) is 0 Å². The SMILES string of the molecule is CN(Cc1cccnc1)C[C@H]1CC[C@@H](Cc2ccc(Cl)cn2)O1. The van der Waals surface area contributed by atoms with Crippen molar-refractivity contribution >= 4 is 11.6 Å². The Morgan fingerprint density at radius 1 is 1.22 bits per heavy atom. The Bertz CT molecular complexity index is 605. The number of pyridine rings is 2. The molecule has 1 saturated heterocycles. The molecule has 0 aliphatic carbocycles. The lowest BCUT2D eigenvalue weighted by Gasteiger charge is -2.21. The number of halogens is 1. The Hall–Kier alpha value is -1.49. The number of rotatable bonds is 6. The van der Waals surface area contributed by atoms with Gasteiger partial charge >= 0.3 is 0 Å². The number of aromatic nitrogens is 2. The van der Waals surface area contributed by atoms with Crippen LogP contribution in [0.25, 0.3) is 0 Å². The lowest BCUT2D eigenvalue weighted by atomic mass is 10.1. The first kappa shape index (κ1) is 16.4. The van der Waals surface area contributed by atoms with Crippen molar-refractivity contribution in [2.24, 2.45) is 0 Å². The summed E-state index contributed by atoms with van der Waals surface area (Å²) in [6, 6.07) is 7.95. The standard InChI is InChI=1S/C18H22ClN3O/c1-22(12-14-3-2-8-20-10-14)13-18-7-6-17(23-18)9-16-5-4-15(19)11-21-16/h2-5,8,10-11,17-18H,6-7,9,12-13H2,1H3/t17-,18+/m0/s1. The first-order valence-electron chi connectivity index (χ1n) is 8.02. The first-order valence-corrected chi connectivity index (χ1v) is 8.40. The van der Waals surface area contributed by atoms with Gasteiger partial charge in [-0.3, -0.25) is 14.9 Å². The van der Waals surface area contributed by atoms with E-state index in [1.54, 1.807) is 12.4 Å². The van der Waals surface area contributed by atoms with Gasteiger partial charge in [0, 0.05) is 43.8 Å². The van der Waals surface area contributed by atoms with E-state index in [1.807, 2.05) is 24.4 Å². The van der Waals surface area contributed by atoms with Crippen molar-refractivity contribution in [1.82, 2.24) is 14.9 Å². The predicted molar refractivity (Wildman–Crippen MR) is 91.4 cm³/mol. The second-order valence-corrected chi connectivity index (χ2v) is 6.62. The van der Waals surface area contributed by atoms with E-state index in [1.165, 1.54) is 5.56 Å². The Kier molecular flexibility index (Phi) is 5.60. The number of likely N-dealkylation sites (N-methyl/N-ethyl adjacent to an activating group) is 1. The summed E-state index contributed by atoms with van der Waals surface area (Å²) in [5.74, 6) is 0. The van der Waals surface area contributed by atoms with Crippen molar-refractivity contribution in [2.45, 2.75) is 38.0 Å². The average Bonchev–Trinajstić information content (AvgIpc) is 2.97. The van der Waals surface area contributed by atoms with Crippen LogP contribution in [0.5, 0.6) is 0 Å². The summed E-state index contributed by atoms with van der Waals surface area (Å²) in [6.07, 6.45) is 9.05. The van der Waals surface area contributed by atoms with Gasteiger partial charge in [-0.2, -0.15) is 0 Å². The van der Waals surface area contributed by atoms with Gasteiger partial charge in [-0.1, -0.05) is 17.7 Å². The van der Waals surface area contributed by atoms with Gasteiger partial charge in [0.15, 0.2) is 0 Å². The van der Waals surface area contributed by atoms with Gasteiger partial charge in [-0.25, -0.2) is 0 Å². The molecule has 2 aromatic heterocycles. The molecule has 2 aromatic rings. The highest BCUT2D eigenvalue weighted by Gasteiger charge is 2.26. The molecule has 1 aliphatic rings. The Morgan fingerprint density at radius 2 is 2.09 bits per heavy atom. The van der Waals surface area contributed by atoms with Crippen molar-refractivity contribution < 1.29 is 4.74 Å². The summed E-state index contributed by atoms with van der Waals surface area (Å²) < 4.78 is 6.17. The third kappa shape index (κ3) is 4.99. The van der Waals surface area contributed by atoms with Crippen LogP contribution in [0.3, 0.4) is 0 Å². The fourth-order valence-electron chi connectivity index (χ4n) is 3.04. The number of hydrogen-bond donors (Lipinski definition) is 0. The van der Waals surface area contributed by atoms with Crippen molar-refractivity contribution in [3.05, 3.63) is 59.1 Å². The van der Waals surface area contributed by atoms with E-state index in [0.717, 1.165) is 38.0 Å². The van der Waals surface area contributed by atoms with Gasteiger partial charge in [0.05, 0.1) is 17.2 Å². The smallest absolute Gasteiger partial charge is 0.0706 e. The number of hydrogen-bond acceptors (Lipinski definition) is 4. The quantitative estimate of drug-likeness (QED) is 0.813. The number of ether oxygens (including phenoxy) is 1. The third-order valence-electron chi connectivity index (χ3n) is 4.11. The molecule has 0 radical (unpaired) electrons. The molecule has 23 heavy (non-hydrogen) atoms. The van der Waals surface area contributed by atoms with Crippen LogP contribution >= 0.6 is 11.6 Å². The molecule has 0 bridgehead atoms. The van der Waals surface area contributed by atoms with E-state index < -0.39 is 0 Å². The van der Waals surface area contributed by atoms with Gasteiger partial charge in [0.2, 0.25) is 0 Å². The molecule has 3 rings (SSSR count). The molecule has 4 nitrogen and oxygen atoms in total. The van der Waals surface area contributed by atoms with E-state index in [2.05, 4.69) is 28.0 Å². The zero-order valence-electron chi connectivity index (χ0n) is 13.4. The molecule has 0 aromatic carbocycles. The minimum absolute atomic E-state index is 0.264. The summed E-state index contributed by atoms with van der Waals surface area (Å²) in [5.41, 5.74) is 2.28. The van der Waals surface area contributed by atoms with Crippen LogP contribution < -0.4 is 0 Å². The van der Waals surface area contributed by atoms with E-state index >= 15 is 0 Å². The summed E-state index contributed by atoms with van der Waals surface area (Å²) >= 11 is 5.87. The molecule has 1 fully saturated rings. The molecule has 5 heteroatoms. The minimum atomic E-state index is 0.264. The highest BCUT2D eigenvalue weighted by Crippen LogP contribution is 2.23. The minimum Gasteiger partial charge on any atom is -0.373 e. The van der Waals surface area contributed by atoms with E-state index in [-0.39, 0.29) is 6.10 Å². The molecule has 2 atom stereocenters. The van der Waals surface area contributed by atoms with Gasteiger partial charge in [0.1, 0.15) is 0 Å². The Balaban J connectivity index is 1.45. The molecule has 0 unspecified atom stereocenters. The summed E-state index contributed by atoms with van der Waals surface area (Å²) in [7, 11) is 2.13. The molecule has 0 saturated carbocycles. The van der Waals surface area contributed by atoms with Gasteiger partial charge in [-0.15, -0.1) is 0 Å². The Morgan fingerprint density at radius 3 is 2.83 bits per heavy atom. The second kappa shape index (κ2) is 7.86. The fraction of sp³-hybridized carbons (Fsp3) is 0.444. The van der Waals surface area contributed by atoms with Gasteiger partial charge in [-0.05, 0) is 43.7 Å². The van der Waals surface area contributed by atoms with Crippen LogP contribution in [0, 0.1) is 0 Å². The van der Waals surface area contributed by atoms with Gasteiger partial charge < -0.3 is 4.74 Å². The normalized spacial score (nSPS) is 21.0. The molecule has 1 aliphatic heterocycles. The van der Waals surface area contributed by atoms with Crippen molar-refractivity contribution in [3.63, 3.8) is 0 Å². The maximum Gasteiger partial charge on any atom is 0.0706 e. The molecule has 0 amide bonds. The van der Waals surface area contributed by atoms with Crippen LogP contribution in [0.1, 0.15) is 24.1 Å². The Labute approximate surface area is 142 Å². The number of nitrogens with zero attached hydrogens (tertiary/aromatic N) is 3. The fourth-order valence-corrected chi connectivity index (χ4v) is 3.15. The molecule has 3 heterocycles. The second-order valence-electron chi connectivity index (χ2n) is 6.19. The summed E-state index contributed by atoms with van der Waals surface area (Å²) in [5, 5.41) is 0.677. The van der Waals surface area contributed by atoms with Crippen LogP contribution in [0.4, 0.5) is 0 Å². The molecular weight excluding hydrogens is 310 g/mol. The van der Waals surface area contributed by atoms with Crippen LogP contribution in [0.2, 0.25) is 5.02 Å². The van der Waals surface area contributed by atoms with Crippen LogP contribution in [-0.2, 0) is 17.7 Å². The summed E-state index contributed by atoms with van der Waals surface area (Å²) in [6.45, 7) is 1.84. The van der Waals surface area contributed by atoms with E-state index in [0.29, 0.717) is 11.1 Å². The van der Waals surface area contributed by atoms with E-state index in [4.69, 9.17) is 16.3 Å². The van der Waals surface area contributed by atoms with Crippen molar-refractivity contribution in [2.75, 3.05) is 13.6 Å². The largest absolute Gasteiger partial charge is 0.373 e. The highest BCUT2D eigenvalue weighted by molar-refractivity contribution is 6.30. The topological polar surface area (TPSA) is 38.2 Å². The predicted octanol–water partition coefficient (Wildman–Crippen LogP) is 3.35. The molecule has 122 valence electrons. The zero-order valence-corrected chi connectivity index (χ0v) is 14.1. The lowest BCUT2D eigenvalue weighted by molar-refractivity contribution is 0.0263. The summed E-state index contributed by atoms with van der Waals surface area (Å²) in [4.78, 5) is 10.8. The van der Waals surface area contributed by atoms with Crippen molar-refractivity contribution in [3.8, 4) is 0 Å². The van der Waals surface area contributed by atoms with Crippen molar-refractivity contribution in [1.29, 1.82) is 0 Å². The zero-order chi connectivity index (χ0) is 16.1. The van der Waals surface area contributed by atoms with Crippen LogP contribution in [0.15, 0.2) is 42.9 Å². The first-order chi connectivity index (χ1) is 11.2. The maximum atomic E-state index is 6.17. The highest BCUT2D eigenvalue weighted by atomic mass is 35.5. The molecule has 0 spiro atoms. The maximum absolute atomic E-state index is 6.17. The monoisotopic (exact) mass is 331 g/mol. The average molecular weight is 332 g/mol. The lowest BCUT2D eigenvalue weighted by Crippen LogP contribution is -2.29.